The van der Waals surface area contributed by atoms with E-state index in [1.807, 2.05) is 0 Å². The van der Waals surface area contributed by atoms with Crippen LogP contribution in [0.5, 0.6) is 11.5 Å². The highest BCUT2D eigenvalue weighted by Crippen LogP contribution is 2.34. The number of carbonyl (C=O) groups excluding carboxylic acids is 2. The number of fused-ring (bicyclic) bond motifs is 1. The number of benzene rings is 1. The lowest BCUT2D eigenvalue weighted by Crippen LogP contribution is -2.11. The van der Waals surface area contributed by atoms with E-state index in [1.54, 1.807) is 18.2 Å². The molecule has 0 saturated carbocycles. The van der Waals surface area contributed by atoms with Crippen molar-refractivity contribution in [3.05, 3.63) is 30.4 Å². The summed E-state index contributed by atoms with van der Waals surface area (Å²) in [4.78, 5) is 21.8. The molecule has 0 saturated heterocycles. The normalized spacial score (nSPS) is 12.7. The fourth-order valence-corrected chi connectivity index (χ4v) is 1.32. The second-order valence-electron chi connectivity index (χ2n) is 3.29. The largest absolute Gasteiger partial charge is 0.454 e. The zero-order valence-electron chi connectivity index (χ0n) is 8.80. The Labute approximate surface area is 97.0 Å². The van der Waals surface area contributed by atoms with Gasteiger partial charge in [0.2, 0.25) is 18.6 Å². The molecule has 0 atom stereocenters. The van der Waals surface area contributed by atoms with Crippen LogP contribution in [-0.2, 0) is 9.59 Å². The number of anilines is 1. The first-order valence-electron chi connectivity index (χ1n) is 4.83. The van der Waals surface area contributed by atoms with Crippen LogP contribution in [0.3, 0.4) is 0 Å². The first-order chi connectivity index (χ1) is 8.15. The van der Waals surface area contributed by atoms with Crippen molar-refractivity contribution in [3.63, 3.8) is 0 Å². The van der Waals surface area contributed by atoms with Crippen molar-refractivity contribution >= 4 is 17.5 Å². The number of carbonyl (C=O) groups is 2. The molecule has 0 fully saturated rings. The lowest BCUT2D eigenvalue weighted by molar-refractivity contribution is -0.115. The molecular formula is C11H10N2O4. The summed E-state index contributed by atoms with van der Waals surface area (Å²) in [6.45, 7) is 0.175. The first kappa shape index (κ1) is 11.0. The van der Waals surface area contributed by atoms with Crippen molar-refractivity contribution in [2.45, 2.75) is 0 Å². The number of hydrogen-bond acceptors (Lipinski definition) is 4. The molecular weight excluding hydrogens is 224 g/mol. The Morgan fingerprint density at radius 1 is 1.24 bits per heavy atom. The minimum Gasteiger partial charge on any atom is -0.454 e. The molecule has 88 valence electrons. The van der Waals surface area contributed by atoms with Crippen LogP contribution < -0.4 is 20.5 Å². The molecule has 6 nitrogen and oxygen atoms in total. The fourth-order valence-electron chi connectivity index (χ4n) is 1.32. The van der Waals surface area contributed by atoms with E-state index < -0.39 is 11.8 Å². The van der Waals surface area contributed by atoms with Crippen molar-refractivity contribution in [1.29, 1.82) is 0 Å². The third kappa shape index (κ3) is 2.75. The van der Waals surface area contributed by atoms with Crippen molar-refractivity contribution < 1.29 is 19.1 Å². The molecule has 17 heavy (non-hydrogen) atoms. The van der Waals surface area contributed by atoms with E-state index in [-0.39, 0.29) is 6.79 Å². The Kier molecular flexibility index (Phi) is 2.95. The molecule has 1 aromatic carbocycles. The van der Waals surface area contributed by atoms with Gasteiger partial charge in [-0.05, 0) is 12.1 Å². The van der Waals surface area contributed by atoms with Gasteiger partial charge in [0, 0.05) is 23.9 Å². The molecule has 0 radical (unpaired) electrons. The van der Waals surface area contributed by atoms with Crippen molar-refractivity contribution in [2.75, 3.05) is 12.1 Å². The number of nitrogens with two attached hydrogens (primary N) is 1. The van der Waals surface area contributed by atoms with Gasteiger partial charge in [0.15, 0.2) is 11.5 Å². The fraction of sp³-hybridized carbons (Fsp3) is 0.0909. The van der Waals surface area contributed by atoms with E-state index in [0.29, 0.717) is 17.2 Å². The second kappa shape index (κ2) is 4.56. The number of hydrogen-bond donors (Lipinski definition) is 2. The third-order valence-electron chi connectivity index (χ3n) is 2.04. The molecule has 1 heterocycles. The highest BCUT2D eigenvalue weighted by molar-refractivity contribution is 6.03. The van der Waals surface area contributed by atoms with Crippen LogP contribution in [0.15, 0.2) is 30.4 Å². The minimum absolute atomic E-state index is 0.175. The third-order valence-corrected chi connectivity index (χ3v) is 2.04. The van der Waals surface area contributed by atoms with Crippen LogP contribution in [0.4, 0.5) is 5.69 Å². The highest BCUT2D eigenvalue weighted by Gasteiger charge is 2.13. The quantitative estimate of drug-likeness (QED) is 0.740. The van der Waals surface area contributed by atoms with Crippen LogP contribution in [0.25, 0.3) is 0 Å². The SMILES string of the molecule is NC(=O)/C=C\C(=O)Nc1ccc2c(c1)OCO2. The summed E-state index contributed by atoms with van der Waals surface area (Å²) in [7, 11) is 0. The Morgan fingerprint density at radius 3 is 2.76 bits per heavy atom. The van der Waals surface area contributed by atoms with Crippen LogP contribution in [0, 0.1) is 0 Å². The molecule has 1 aliphatic rings. The molecule has 2 rings (SSSR count). The number of ether oxygens (including phenoxy) is 2. The molecule has 3 N–H and O–H groups in total. The average molecular weight is 234 g/mol. The number of nitrogens with one attached hydrogen (secondary N) is 1. The topological polar surface area (TPSA) is 90.7 Å². The van der Waals surface area contributed by atoms with Crippen LogP contribution >= 0.6 is 0 Å². The minimum atomic E-state index is -0.675. The summed E-state index contributed by atoms with van der Waals surface area (Å²) >= 11 is 0. The Morgan fingerprint density at radius 2 is 2.00 bits per heavy atom. The van der Waals surface area contributed by atoms with Crippen LogP contribution in [-0.4, -0.2) is 18.6 Å². The zero-order chi connectivity index (χ0) is 12.3. The van der Waals surface area contributed by atoms with Gasteiger partial charge in [-0.25, -0.2) is 0 Å². The summed E-state index contributed by atoms with van der Waals surface area (Å²) < 4.78 is 10.3. The van der Waals surface area contributed by atoms with Gasteiger partial charge in [0.1, 0.15) is 0 Å². The van der Waals surface area contributed by atoms with Gasteiger partial charge in [-0.2, -0.15) is 0 Å². The maximum atomic E-state index is 11.3. The van der Waals surface area contributed by atoms with Crippen LogP contribution in [0.1, 0.15) is 0 Å². The lowest BCUT2D eigenvalue weighted by Gasteiger charge is -2.03. The van der Waals surface area contributed by atoms with Crippen molar-refractivity contribution in [1.82, 2.24) is 0 Å². The van der Waals surface area contributed by atoms with E-state index in [9.17, 15) is 9.59 Å². The van der Waals surface area contributed by atoms with Gasteiger partial charge >= 0.3 is 0 Å². The van der Waals surface area contributed by atoms with E-state index >= 15 is 0 Å². The van der Waals surface area contributed by atoms with Gasteiger partial charge in [-0.3, -0.25) is 9.59 Å². The predicted octanol–water partition coefficient (Wildman–Crippen LogP) is 0.395. The molecule has 1 aliphatic heterocycles. The summed E-state index contributed by atoms with van der Waals surface area (Å²) in [5.41, 5.74) is 5.42. The molecule has 2 amide bonds. The average Bonchev–Trinajstić information content (AvgIpc) is 2.73. The molecule has 0 unspecified atom stereocenters. The summed E-state index contributed by atoms with van der Waals surface area (Å²) in [6.07, 6.45) is 2.05. The second-order valence-corrected chi connectivity index (χ2v) is 3.29. The lowest BCUT2D eigenvalue weighted by atomic mass is 10.2. The van der Waals surface area contributed by atoms with E-state index in [1.165, 1.54) is 0 Å². The Hall–Kier alpha value is -2.50. The predicted molar refractivity (Wildman–Crippen MR) is 59.5 cm³/mol. The zero-order valence-corrected chi connectivity index (χ0v) is 8.80. The molecule has 1 aromatic rings. The molecule has 0 bridgehead atoms. The van der Waals surface area contributed by atoms with E-state index in [4.69, 9.17) is 15.2 Å². The van der Waals surface area contributed by atoms with E-state index in [0.717, 1.165) is 12.2 Å². The molecule has 6 heteroatoms. The van der Waals surface area contributed by atoms with Gasteiger partial charge in [0.25, 0.3) is 0 Å². The number of amides is 2. The maximum absolute atomic E-state index is 11.3. The Bertz CT molecular complexity index is 496. The highest BCUT2D eigenvalue weighted by atomic mass is 16.7. The molecule has 0 aliphatic carbocycles. The van der Waals surface area contributed by atoms with Gasteiger partial charge in [-0.1, -0.05) is 0 Å². The van der Waals surface area contributed by atoms with Crippen molar-refractivity contribution in [3.8, 4) is 11.5 Å². The molecule has 0 spiro atoms. The van der Waals surface area contributed by atoms with Gasteiger partial charge in [-0.15, -0.1) is 0 Å². The molecule has 0 aromatic heterocycles. The van der Waals surface area contributed by atoms with Crippen molar-refractivity contribution in [2.24, 2.45) is 5.73 Å². The standard InChI is InChI=1S/C11H10N2O4/c12-10(14)3-4-11(15)13-7-1-2-8-9(5-7)17-6-16-8/h1-5H,6H2,(H2,12,14)(H,13,15)/b4-3-. The van der Waals surface area contributed by atoms with E-state index in [2.05, 4.69) is 5.32 Å². The number of rotatable bonds is 3. The maximum Gasteiger partial charge on any atom is 0.248 e. The summed E-state index contributed by atoms with van der Waals surface area (Å²) in [6, 6.07) is 5.00. The monoisotopic (exact) mass is 234 g/mol. The number of primary amides is 1. The smallest absolute Gasteiger partial charge is 0.248 e. The summed E-state index contributed by atoms with van der Waals surface area (Å²) in [5.74, 6) is 0.0888. The van der Waals surface area contributed by atoms with Gasteiger partial charge < -0.3 is 20.5 Å². The van der Waals surface area contributed by atoms with Gasteiger partial charge in [0.05, 0.1) is 0 Å². The van der Waals surface area contributed by atoms with Crippen LogP contribution in [0.2, 0.25) is 0 Å². The summed E-state index contributed by atoms with van der Waals surface area (Å²) in [5, 5.41) is 2.56. The first-order valence-corrected chi connectivity index (χ1v) is 4.83. The Balaban J connectivity index is 2.04.